The Labute approximate surface area is 157 Å². The minimum atomic E-state index is -0.394. The van der Waals surface area contributed by atoms with E-state index >= 15 is 0 Å². The second kappa shape index (κ2) is 6.11. The molecular formula is C20H23N5O2. The summed E-state index contributed by atoms with van der Waals surface area (Å²) in [5.41, 5.74) is 2.35. The SMILES string of the molecule is C[C@H](Nc1nnc(-c2cc3ccccc3[nH]2)o1)C(=O)N1CCC2(CC1)CC2. The number of nitrogens with zero attached hydrogens (tertiary/aromatic N) is 3. The summed E-state index contributed by atoms with van der Waals surface area (Å²) in [5, 5.41) is 12.3. The predicted octanol–water partition coefficient (Wildman–Crippen LogP) is 3.42. The maximum absolute atomic E-state index is 12.7. The normalized spacial score (nSPS) is 19.4. The van der Waals surface area contributed by atoms with Crippen molar-refractivity contribution in [3.05, 3.63) is 30.3 Å². The number of piperidine rings is 1. The molecule has 1 aliphatic heterocycles. The third kappa shape index (κ3) is 3.07. The van der Waals surface area contributed by atoms with Gasteiger partial charge < -0.3 is 19.6 Å². The molecule has 1 aliphatic carbocycles. The number of aromatic amines is 1. The van der Waals surface area contributed by atoms with Gasteiger partial charge in [0.2, 0.25) is 5.91 Å². The van der Waals surface area contributed by atoms with Crippen LogP contribution < -0.4 is 5.32 Å². The summed E-state index contributed by atoms with van der Waals surface area (Å²) in [7, 11) is 0. The van der Waals surface area contributed by atoms with Crippen molar-refractivity contribution >= 4 is 22.8 Å². The number of amides is 1. The molecule has 1 saturated heterocycles. The standard InChI is InChI=1S/C20H23N5O2/c1-13(18(26)25-10-8-20(6-7-20)9-11-25)21-19-24-23-17(27-19)16-12-14-4-2-3-5-15(14)22-16/h2-5,12-13,22H,6-11H2,1H3,(H,21,24)/t13-/m0/s1. The summed E-state index contributed by atoms with van der Waals surface area (Å²) >= 11 is 0. The first kappa shape index (κ1) is 16.4. The van der Waals surface area contributed by atoms with E-state index in [0.29, 0.717) is 11.3 Å². The summed E-state index contributed by atoms with van der Waals surface area (Å²) in [5.74, 6) is 0.498. The highest BCUT2D eigenvalue weighted by Gasteiger charge is 2.45. The number of rotatable bonds is 4. The first-order valence-corrected chi connectivity index (χ1v) is 9.59. The fourth-order valence-corrected chi connectivity index (χ4v) is 3.98. The molecule has 5 rings (SSSR count). The van der Waals surface area contributed by atoms with E-state index < -0.39 is 6.04 Å². The molecule has 2 fully saturated rings. The number of H-pyrrole nitrogens is 1. The lowest BCUT2D eigenvalue weighted by Crippen LogP contribution is -2.45. The predicted molar refractivity (Wildman–Crippen MR) is 102 cm³/mol. The molecule has 1 spiro atoms. The molecule has 2 aromatic heterocycles. The van der Waals surface area contributed by atoms with Gasteiger partial charge in [-0.3, -0.25) is 4.79 Å². The lowest BCUT2D eigenvalue weighted by Gasteiger charge is -2.33. The van der Waals surface area contributed by atoms with Crippen molar-refractivity contribution in [3.63, 3.8) is 0 Å². The zero-order valence-corrected chi connectivity index (χ0v) is 15.4. The Kier molecular flexibility index (Phi) is 3.70. The number of hydrogen-bond acceptors (Lipinski definition) is 5. The van der Waals surface area contributed by atoms with Crippen LogP contribution >= 0.6 is 0 Å². The molecule has 0 bridgehead atoms. The highest BCUT2D eigenvalue weighted by molar-refractivity contribution is 5.85. The van der Waals surface area contributed by atoms with Gasteiger partial charge >= 0.3 is 6.01 Å². The molecule has 140 valence electrons. The summed E-state index contributed by atoms with van der Waals surface area (Å²) in [4.78, 5) is 17.9. The Hall–Kier alpha value is -2.83. The Morgan fingerprint density at radius 2 is 2.00 bits per heavy atom. The van der Waals surface area contributed by atoms with E-state index in [2.05, 4.69) is 20.5 Å². The third-order valence-corrected chi connectivity index (χ3v) is 5.99. The lowest BCUT2D eigenvalue weighted by molar-refractivity contribution is -0.133. The summed E-state index contributed by atoms with van der Waals surface area (Å²) < 4.78 is 5.72. The molecular weight excluding hydrogens is 342 g/mol. The number of carbonyl (C=O) groups excluding carboxylic acids is 1. The van der Waals surface area contributed by atoms with Gasteiger partial charge in [-0.25, -0.2) is 0 Å². The number of benzene rings is 1. The van der Waals surface area contributed by atoms with E-state index in [4.69, 9.17) is 4.42 Å². The van der Waals surface area contributed by atoms with Crippen LogP contribution in [0.25, 0.3) is 22.5 Å². The number of aromatic nitrogens is 3. The highest BCUT2D eigenvalue weighted by atomic mass is 16.4. The van der Waals surface area contributed by atoms with E-state index in [1.807, 2.05) is 42.2 Å². The Morgan fingerprint density at radius 1 is 1.22 bits per heavy atom. The minimum Gasteiger partial charge on any atom is -0.402 e. The van der Waals surface area contributed by atoms with Gasteiger partial charge in [-0.1, -0.05) is 23.3 Å². The molecule has 2 N–H and O–H groups in total. The van der Waals surface area contributed by atoms with Gasteiger partial charge in [0.1, 0.15) is 11.7 Å². The number of fused-ring (bicyclic) bond motifs is 1. The monoisotopic (exact) mass is 365 g/mol. The molecule has 3 aromatic rings. The van der Waals surface area contributed by atoms with Gasteiger partial charge in [-0.2, -0.15) is 0 Å². The van der Waals surface area contributed by atoms with Crippen LogP contribution in [-0.4, -0.2) is 45.1 Å². The smallest absolute Gasteiger partial charge is 0.316 e. The summed E-state index contributed by atoms with van der Waals surface area (Å²) in [6.45, 7) is 3.56. The van der Waals surface area contributed by atoms with Crippen LogP contribution in [0.1, 0.15) is 32.6 Å². The first-order chi connectivity index (χ1) is 13.1. The van der Waals surface area contributed by atoms with E-state index in [1.54, 1.807) is 0 Å². The fraction of sp³-hybridized carbons (Fsp3) is 0.450. The fourth-order valence-electron chi connectivity index (χ4n) is 3.98. The van der Waals surface area contributed by atoms with Gasteiger partial charge in [0.25, 0.3) is 5.89 Å². The lowest BCUT2D eigenvalue weighted by atomic mass is 9.93. The number of carbonyl (C=O) groups is 1. The summed E-state index contributed by atoms with van der Waals surface area (Å²) in [6.07, 6.45) is 4.94. The average Bonchev–Trinajstić information content (AvgIpc) is 3.10. The third-order valence-electron chi connectivity index (χ3n) is 5.99. The molecule has 1 atom stereocenters. The number of likely N-dealkylation sites (tertiary alicyclic amines) is 1. The van der Waals surface area contributed by atoms with Crippen LogP contribution in [-0.2, 0) is 4.79 Å². The molecule has 0 unspecified atom stereocenters. The second-order valence-corrected chi connectivity index (χ2v) is 7.87. The van der Waals surface area contributed by atoms with Gasteiger partial charge in [0.15, 0.2) is 0 Å². The molecule has 0 radical (unpaired) electrons. The van der Waals surface area contributed by atoms with Crippen molar-refractivity contribution < 1.29 is 9.21 Å². The number of hydrogen-bond donors (Lipinski definition) is 2. The maximum Gasteiger partial charge on any atom is 0.316 e. The van der Waals surface area contributed by atoms with Crippen LogP contribution in [0.5, 0.6) is 0 Å². The second-order valence-electron chi connectivity index (χ2n) is 7.87. The Balaban J connectivity index is 1.25. The van der Waals surface area contributed by atoms with Gasteiger partial charge in [0.05, 0.1) is 0 Å². The minimum absolute atomic E-state index is 0.0934. The number of para-hydroxylation sites is 1. The maximum atomic E-state index is 12.7. The average molecular weight is 365 g/mol. The van der Waals surface area contributed by atoms with E-state index in [-0.39, 0.29) is 11.9 Å². The Bertz CT molecular complexity index is 944. The van der Waals surface area contributed by atoms with Crippen molar-refractivity contribution in [2.24, 2.45) is 5.41 Å². The molecule has 7 nitrogen and oxygen atoms in total. The van der Waals surface area contributed by atoms with Crippen molar-refractivity contribution in [2.45, 2.75) is 38.6 Å². The molecule has 27 heavy (non-hydrogen) atoms. The van der Waals surface area contributed by atoms with Crippen LogP contribution in [0, 0.1) is 5.41 Å². The molecule has 7 heteroatoms. The first-order valence-electron chi connectivity index (χ1n) is 9.59. The molecule has 3 heterocycles. The van der Waals surface area contributed by atoms with Crippen LogP contribution in [0.2, 0.25) is 0 Å². The van der Waals surface area contributed by atoms with Gasteiger partial charge in [0, 0.05) is 24.0 Å². The van der Waals surface area contributed by atoms with Crippen LogP contribution in [0.15, 0.2) is 34.7 Å². The molecule has 1 amide bonds. The van der Waals surface area contributed by atoms with Gasteiger partial charge in [-0.05, 0) is 50.2 Å². The zero-order chi connectivity index (χ0) is 18.4. The topological polar surface area (TPSA) is 87.0 Å². The van der Waals surface area contributed by atoms with E-state index in [0.717, 1.165) is 42.5 Å². The number of anilines is 1. The molecule has 2 aliphatic rings. The summed E-state index contributed by atoms with van der Waals surface area (Å²) in [6, 6.07) is 9.83. The highest BCUT2D eigenvalue weighted by Crippen LogP contribution is 2.53. The Morgan fingerprint density at radius 3 is 2.74 bits per heavy atom. The van der Waals surface area contributed by atoms with Crippen molar-refractivity contribution in [1.29, 1.82) is 0 Å². The quantitative estimate of drug-likeness (QED) is 0.740. The van der Waals surface area contributed by atoms with Crippen molar-refractivity contribution in [3.8, 4) is 11.6 Å². The molecule has 1 aromatic carbocycles. The van der Waals surface area contributed by atoms with E-state index in [9.17, 15) is 4.79 Å². The van der Waals surface area contributed by atoms with E-state index in [1.165, 1.54) is 12.8 Å². The molecule has 1 saturated carbocycles. The number of nitrogens with one attached hydrogen (secondary N) is 2. The van der Waals surface area contributed by atoms with Crippen molar-refractivity contribution in [2.75, 3.05) is 18.4 Å². The zero-order valence-electron chi connectivity index (χ0n) is 15.4. The van der Waals surface area contributed by atoms with Crippen LogP contribution in [0.4, 0.5) is 6.01 Å². The van der Waals surface area contributed by atoms with Gasteiger partial charge in [-0.15, -0.1) is 5.10 Å². The van der Waals surface area contributed by atoms with Crippen LogP contribution in [0.3, 0.4) is 0 Å². The largest absolute Gasteiger partial charge is 0.402 e. The van der Waals surface area contributed by atoms with Crippen molar-refractivity contribution in [1.82, 2.24) is 20.1 Å².